The number of carbonyl (C=O) groups is 1. The van der Waals surface area contributed by atoms with Gasteiger partial charge in [0.05, 0.1) is 5.02 Å². The van der Waals surface area contributed by atoms with Crippen molar-refractivity contribution in [2.75, 3.05) is 11.9 Å². The summed E-state index contributed by atoms with van der Waals surface area (Å²) in [5.74, 6) is 0.533. The van der Waals surface area contributed by atoms with Crippen molar-refractivity contribution in [3.8, 4) is 5.75 Å². The van der Waals surface area contributed by atoms with Crippen LogP contribution >= 0.6 is 23.2 Å². The molecule has 5 nitrogen and oxygen atoms in total. The highest BCUT2D eigenvalue weighted by atomic mass is 35.5. The Bertz CT molecular complexity index is 598. The zero-order valence-electron chi connectivity index (χ0n) is 10.0. The van der Waals surface area contributed by atoms with Gasteiger partial charge in [0, 0.05) is 16.8 Å². The predicted molar refractivity (Wildman–Crippen MR) is 73.9 cm³/mol. The minimum absolute atomic E-state index is 0.159. The number of rotatable bonds is 4. The van der Waals surface area contributed by atoms with Gasteiger partial charge in [0.15, 0.2) is 12.4 Å². The van der Waals surface area contributed by atoms with Crippen LogP contribution in [0.4, 0.5) is 5.82 Å². The molecule has 1 aromatic carbocycles. The highest BCUT2D eigenvalue weighted by molar-refractivity contribution is 6.35. The van der Waals surface area contributed by atoms with E-state index >= 15 is 0 Å². The Morgan fingerprint density at radius 3 is 2.84 bits per heavy atom. The van der Waals surface area contributed by atoms with Crippen molar-refractivity contribution in [2.24, 2.45) is 0 Å². The van der Waals surface area contributed by atoms with E-state index < -0.39 is 0 Å². The Morgan fingerprint density at radius 2 is 2.21 bits per heavy atom. The van der Waals surface area contributed by atoms with Crippen molar-refractivity contribution in [3.63, 3.8) is 0 Å². The van der Waals surface area contributed by atoms with Crippen molar-refractivity contribution < 1.29 is 9.53 Å². The second-order valence-electron chi connectivity index (χ2n) is 3.85. The predicted octanol–water partition coefficient (Wildman–Crippen LogP) is 3.04. The third-order valence-corrected chi connectivity index (χ3v) is 2.76. The molecule has 7 heteroatoms. The summed E-state index contributed by atoms with van der Waals surface area (Å²) in [4.78, 5) is 11.6. The molecule has 0 unspecified atom stereocenters. The second kappa shape index (κ2) is 5.95. The van der Waals surface area contributed by atoms with Gasteiger partial charge < -0.3 is 10.1 Å². The number of hydrogen-bond donors (Lipinski definition) is 2. The number of benzene rings is 1. The smallest absolute Gasteiger partial charge is 0.263 e. The van der Waals surface area contributed by atoms with Gasteiger partial charge in [-0.3, -0.25) is 9.89 Å². The molecule has 0 spiro atoms. The lowest BCUT2D eigenvalue weighted by Crippen LogP contribution is -2.20. The normalized spacial score (nSPS) is 10.3. The lowest BCUT2D eigenvalue weighted by molar-refractivity contribution is -0.118. The maximum atomic E-state index is 11.6. The Balaban J connectivity index is 1.89. The number of ether oxygens (including phenoxy) is 1. The maximum Gasteiger partial charge on any atom is 0.263 e. The van der Waals surface area contributed by atoms with Crippen LogP contribution in [0.2, 0.25) is 10.0 Å². The molecule has 0 saturated carbocycles. The molecule has 0 radical (unpaired) electrons. The van der Waals surface area contributed by atoms with E-state index in [9.17, 15) is 4.79 Å². The zero-order valence-corrected chi connectivity index (χ0v) is 11.5. The summed E-state index contributed by atoms with van der Waals surface area (Å²) < 4.78 is 5.29. The quantitative estimate of drug-likeness (QED) is 0.912. The molecule has 0 aliphatic rings. The van der Waals surface area contributed by atoms with Crippen LogP contribution in [0.3, 0.4) is 0 Å². The molecule has 1 aromatic heterocycles. The standard InChI is InChI=1S/C12H11Cl2N3O2/c1-7-4-11(17-16-7)15-12(18)6-19-10-3-2-8(13)5-9(10)14/h2-5H,6H2,1H3,(H2,15,16,17,18). The number of H-pyrrole nitrogens is 1. The first-order valence-corrected chi connectivity index (χ1v) is 6.20. The van der Waals surface area contributed by atoms with Crippen LogP contribution in [0.15, 0.2) is 24.3 Å². The second-order valence-corrected chi connectivity index (χ2v) is 4.69. The van der Waals surface area contributed by atoms with Gasteiger partial charge in [0.2, 0.25) is 0 Å². The van der Waals surface area contributed by atoms with E-state index in [-0.39, 0.29) is 12.5 Å². The first-order valence-electron chi connectivity index (χ1n) is 5.44. The third kappa shape index (κ3) is 3.87. The fourth-order valence-corrected chi connectivity index (χ4v) is 1.86. The SMILES string of the molecule is Cc1cc(NC(=O)COc2ccc(Cl)cc2Cl)n[nH]1. The average molecular weight is 300 g/mol. The molecular formula is C12H11Cl2N3O2. The van der Waals surface area contributed by atoms with Crippen LogP contribution < -0.4 is 10.1 Å². The molecule has 100 valence electrons. The Hall–Kier alpha value is -1.72. The van der Waals surface area contributed by atoms with E-state index in [1.165, 1.54) is 0 Å². The number of aromatic amines is 1. The van der Waals surface area contributed by atoms with Gasteiger partial charge in [-0.2, -0.15) is 5.10 Å². The molecule has 0 aliphatic carbocycles. The van der Waals surface area contributed by atoms with Crippen LogP contribution in [0.25, 0.3) is 0 Å². The van der Waals surface area contributed by atoms with Gasteiger partial charge >= 0.3 is 0 Å². The topological polar surface area (TPSA) is 67.0 Å². The molecule has 2 rings (SSSR count). The number of halogens is 2. The number of aryl methyl sites for hydroxylation is 1. The van der Waals surface area contributed by atoms with Crippen LogP contribution in [0.1, 0.15) is 5.69 Å². The minimum atomic E-state index is -0.322. The van der Waals surface area contributed by atoms with E-state index in [2.05, 4.69) is 15.5 Å². The summed E-state index contributed by atoms with van der Waals surface area (Å²) in [6.45, 7) is 1.68. The number of nitrogens with zero attached hydrogens (tertiary/aromatic N) is 1. The summed E-state index contributed by atoms with van der Waals surface area (Å²) in [6, 6.07) is 6.51. The van der Waals surface area contributed by atoms with E-state index in [1.807, 2.05) is 6.92 Å². The minimum Gasteiger partial charge on any atom is -0.482 e. The number of carbonyl (C=O) groups excluding carboxylic acids is 1. The first kappa shape index (κ1) is 13.7. The molecule has 1 amide bonds. The van der Waals surface area contributed by atoms with Crippen molar-refractivity contribution in [2.45, 2.75) is 6.92 Å². The highest BCUT2D eigenvalue weighted by Crippen LogP contribution is 2.27. The molecule has 1 heterocycles. The molecule has 0 bridgehead atoms. The van der Waals surface area contributed by atoms with Crippen LogP contribution in [-0.4, -0.2) is 22.7 Å². The number of amides is 1. The molecule has 2 aromatic rings. The fraction of sp³-hybridized carbons (Fsp3) is 0.167. The fourth-order valence-electron chi connectivity index (χ4n) is 1.40. The van der Waals surface area contributed by atoms with E-state index in [0.29, 0.717) is 21.6 Å². The largest absolute Gasteiger partial charge is 0.482 e. The number of hydrogen-bond acceptors (Lipinski definition) is 3. The summed E-state index contributed by atoms with van der Waals surface area (Å²) in [7, 11) is 0. The van der Waals surface area contributed by atoms with E-state index in [0.717, 1.165) is 5.69 Å². The monoisotopic (exact) mass is 299 g/mol. The van der Waals surface area contributed by atoms with Crippen LogP contribution in [-0.2, 0) is 4.79 Å². The van der Waals surface area contributed by atoms with Crippen molar-refractivity contribution in [1.29, 1.82) is 0 Å². The van der Waals surface area contributed by atoms with E-state index in [1.54, 1.807) is 24.3 Å². The average Bonchev–Trinajstić information content (AvgIpc) is 2.73. The molecule has 0 aliphatic heterocycles. The Morgan fingerprint density at radius 1 is 1.42 bits per heavy atom. The van der Waals surface area contributed by atoms with E-state index in [4.69, 9.17) is 27.9 Å². The van der Waals surface area contributed by atoms with Gasteiger partial charge in [-0.15, -0.1) is 0 Å². The molecule has 0 atom stereocenters. The molecule has 2 N–H and O–H groups in total. The Kier molecular flexibility index (Phi) is 4.29. The van der Waals surface area contributed by atoms with Crippen molar-refractivity contribution >= 4 is 34.9 Å². The van der Waals surface area contributed by atoms with Crippen molar-refractivity contribution in [3.05, 3.63) is 40.0 Å². The number of nitrogens with one attached hydrogen (secondary N) is 2. The van der Waals surface area contributed by atoms with Gasteiger partial charge in [-0.25, -0.2) is 0 Å². The van der Waals surface area contributed by atoms with Crippen LogP contribution in [0.5, 0.6) is 5.75 Å². The van der Waals surface area contributed by atoms with Gasteiger partial charge in [0.1, 0.15) is 5.75 Å². The number of aromatic nitrogens is 2. The lowest BCUT2D eigenvalue weighted by Gasteiger charge is -2.07. The molecule has 0 fully saturated rings. The van der Waals surface area contributed by atoms with Gasteiger partial charge in [0.25, 0.3) is 5.91 Å². The molecular weight excluding hydrogens is 289 g/mol. The summed E-state index contributed by atoms with van der Waals surface area (Å²) in [6.07, 6.45) is 0. The molecule has 19 heavy (non-hydrogen) atoms. The molecule has 0 saturated heterocycles. The lowest BCUT2D eigenvalue weighted by atomic mass is 10.3. The summed E-state index contributed by atoms with van der Waals surface area (Å²) in [5, 5.41) is 10.1. The number of anilines is 1. The summed E-state index contributed by atoms with van der Waals surface area (Å²) in [5.41, 5.74) is 0.858. The Labute approximate surface area is 119 Å². The van der Waals surface area contributed by atoms with Gasteiger partial charge in [-0.05, 0) is 25.1 Å². The van der Waals surface area contributed by atoms with Crippen LogP contribution in [0, 0.1) is 6.92 Å². The highest BCUT2D eigenvalue weighted by Gasteiger charge is 2.08. The summed E-state index contributed by atoms with van der Waals surface area (Å²) >= 11 is 11.7. The maximum absolute atomic E-state index is 11.6. The van der Waals surface area contributed by atoms with Crippen molar-refractivity contribution in [1.82, 2.24) is 10.2 Å². The zero-order chi connectivity index (χ0) is 13.8. The third-order valence-electron chi connectivity index (χ3n) is 2.23. The van der Waals surface area contributed by atoms with Gasteiger partial charge in [-0.1, -0.05) is 23.2 Å². The first-order chi connectivity index (χ1) is 9.04.